The molecule has 4 heteroatoms. The van der Waals surface area contributed by atoms with Crippen LogP contribution in [0.2, 0.25) is 0 Å². The fraction of sp³-hybridized carbons (Fsp3) is 0.500. The van der Waals surface area contributed by atoms with Crippen molar-refractivity contribution in [3.63, 3.8) is 0 Å². The highest BCUT2D eigenvalue weighted by molar-refractivity contribution is 14.1. The van der Waals surface area contributed by atoms with Crippen molar-refractivity contribution in [2.45, 2.75) is 0 Å². The lowest BCUT2D eigenvalue weighted by Gasteiger charge is -1.80. The van der Waals surface area contributed by atoms with E-state index in [0.29, 0.717) is 0 Å². The molecule has 0 aromatic carbocycles. The molecule has 0 aliphatic carbocycles. The quantitative estimate of drug-likeness (QED) is 0.319. The molecule has 0 aromatic rings. The number of hydrogen-bond acceptors (Lipinski definition) is 2. The Morgan fingerprint density at radius 3 is 2.75 bits per heavy atom. The summed E-state index contributed by atoms with van der Waals surface area (Å²) in [5.74, 6) is 0. The minimum atomic E-state index is 0.805. The van der Waals surface area contributed by atoms with Crippen LogP contribution in [0.1, 0.15) is 0 Å². The Hall–Kier alpha value is 0.800. The average Bonchev–Trinajstić information content (AvgIpc) is 1.83. The Bertz CT molecular complexity index is 109. The van der Waals surface area contributed by atoms with Crippen LogP contribution in [0.25, 0.3) is 0 Å². The fourth-order valence-electron chi connectivity index (χ4n) is 0.168. The van der Waals surface area contributed by atoms with Crippen LogP contribution in [-0.2, 0) is 0 Å². The van der Waals surface area contributed by atoms with Gasteiger partial charge in [0.1, 0.15) is 3.72 Å². The van der Waals surface area contributed by atoms with Crippen molar-refractivity contribution in [2.75, 3.05) is 11.6 Å². The number of aliphatic imine (C=N–C) groups is 2. The van der Waals surface area contributed by atoms with Crippen molar-refractivity contribution in [3.05, 3.63) is 0 Å². The minimum absolute atomic E-state index is 0.805. The van der Waals surface area contributed by atoms with Crippen molar-refractivity contribution in [1.82, 2.24) is 0 Å². The lowest BCUT2D eigenvalue weighted by Crippen LogP contribution is -1.85. The normalized spacial score (nSPS) is 13.1. The summed E-state index contributed by atoms with van der Waals surface area (Å²) in [5.41, 5.74) is 0. The molecule has 0 aromatic heterocycles. The third kappa shape index (κ3) is 4.95. The first-order valence-electron chi connectivity index (χ1n) is 1.99. The highest BCUT2D eigenvalue weighted by Gasteiger charge is 1.78. The van der Waals surface area contributed by atoms with E-state index in [1.807, 2.05) is 0 Å². The zero-order chi connectivity index (χ0) is 6.41. The van der Waals surface area contributed by atoms with Crippen LogP contribution in [0, 0.1) is 0 Å². The lowest BCUT2D eigenvalue weighted by molar-refractivity contribution is 1.44. The van der Waals surface area contributed by atoms with Crippen molar-refractivity contribution in [3.8, 4) is 0 Å². The van der Waals surface area contributed by atoms with Gasteiger partial charge in [-0.25, -0.2) is 0 Å². The molecule has 0 unspecified atom stereocenters. The van der Waals surface area contributed by atoms with E-state index < -0.39 is 0 Å². The van der Waals surface area contributed by atoms with Gasteiger partial charge in [-0.3, -0.25) is 9.98 Å². The zero-order valence-corrected chi connectivity index (χ0v) is 8.75. The molecule has 0 aliphatic rings. The molecule has 8 heavy (non-hydrogen) atoms. The predicted molar refractivity (Wildman–Crippen MR) is 54.8 cm³/mol. The molecule has 0 N–H and O–H groups in total. The van der Waals surface area contributed by atoms with Gasteiger partial charge in [-0.15, -0.1) is 0 Å². The van der Waals surface area contributed by atoms with Crippen molar-refractivity contribution < 1.29 is 0 Å². The number of halogens is 2. The largest absolute Gasteiger partial charge is 0.281 e. The number of rotatable bonds is 2. The summed E-state index contributed by atoms with van der Waals surface area (Å²) in [5, 5.41) is 0. The van der Waals surface area contributed by atoms with Gasteiger partial charge in [0.25, 0.3) is 0 Å². The number of hydrogen-bond donors (Lipinski definition) is 0. The number of alkyl halides is 1. The third-order valence-electron chi connectivity index (χ3n) is 0.480. The summed E-state index contributed by atoms with van der Waals surface area (Å²) in [4.78, 5) is 7.84. The molecule has 46 valence electrons. The van der Waals surface area contributed by atoms with Gasteiger partial charge in [-0.05, 0) is 22.6 Å². The van der Waals surface area contributed by atoms with E-state index in [0.717, 1.165) is 8.27 Å². The van der Waals surface area contributed by atoms with Crippen LogP contribution >= 0.6 is 45.2 Å². The Kier molecular flexibility index (Phi) is 6.52. The molecule has 0 spiro atoms. The predicted octanol–water partition coefficient (Wildman–Crippen LogP) is 1.91. The molecule has 0 saturated heterocycles. The Labute approximate surface area is 76.1 Å². The molecular weight excluding hydrogens is 330 g/mol. The van der Waals surface area contributed by atoms with E-state index in [1.54, 1.807) is 13.3 Å². The Balaban J connectivity index is 3.53. The summed E-state index contributed by atoms with van der Waals surface area (Å²) in [6.07, 6.45) is 1.76. The van der Waals surface area contributed by atoms with E-state index in [4.69, 9.17) is 0 Å². The van der Waals surface area contributed by atoms with Gasteiger partial charge in [0.2, 0.25) is 0 Å². The highest BCUT2D eigenvalue weighted by Crippen LogP contribution is 1.87. The van der Waals surface area contributed by atoms with Crippen LogP contribution in [0.5, 0.6) is 0 Å². The van der Waals surface area contributed by atoms with Gasteiger partial charge in [0.15, 0.2) is 0 Å². The summed E-state index contributed by atoms with van der Waals surface area (Å²) in [6, 6.07) is 0. The van der Waals surface area contributed by atoms with Crippen LogP contribution in [0.15, 0.2) is 9.98 Å². The number of nitrogens with zero attached hydrogens (tertiary/aromatic N) is 2. The van der Waals surface area contributed by atoms with E-state index in [1.165, 1.54) is 0 Å². The van der Waals surface area contributed by atoms with Crippen molar-refractivity contribution in [2.24, 2.45) is 9.98 Å². The smallest absolute Gasteiger partial charge is 0.113 e. The van der Waals surface area contributed by atoms with Crippen LogP contribution < -0.4 is 0 Å². The Morgan fingerprint density at radius 2 is 2.38 bits per heavy atom. The first-order valence-corrected chi connectivity index (χ1v) is 4.59. The molecule has 0 amide bonds. The highest BCUT2D eigenvalue weighted by atomic mass is 127. The van der Waals surface area contributed by atoms with Crippen molar-refractivity contribution in [1.29, 1.82) is 0 Å². The van der Waals surface area contributed by atoms with Crippen molar-refractivity contribution >= 4 is 55.1 Å². The van der Waals surface area contributed by atoms with Gasteiger partial charge >= 0.3 is 0 Å². The maximum Gasteiger partial charge on any atom is 0.113 e. The second-order valence-electron chi connectivity index (χ2n) is 0.978. The average molecular weight is 336 g/mol. The molecule has 0 radical (unpaired) electrons. The molecule has 0 heterocycles. The molecule has 0 bridgehead atoms. The van der Waals surface area contributed by atoms with Gasteiger partial charge in [-0.2, -0.15) is 0 Å². The maximum atomic E-state index is 3.97. The second-order valence-corrected chi connectivity index (χ2v) is 2.77. The van der Waals surface area contributed by atoms with Crippen LogP contribution in [0.4, 0.5) is 0 Å². The fourth-order valence-corrected chi connectivity index (χ4v) is 0.561. The molecule has 2 nitrogen and oxygen atoms in total. The van der Waals surface area contributed by atoms with E-state index in [2.05, 4.69) is 55.2 Å². The topological polar surface area (TPSA) is 24.7 Å². The standard InChI is InChI=1S/C4H6I2N2/c1-7-4(6)2-8-3-5/h2H,3H2,1H3. The second kappa shape index (κ2) is 5.93. The molecule has 0 saturated carbocycles. The summed E-state index contributed by atoms with van der Waals surface area (Å²) in [6.45, 7) is 0. The van der Waals surface area contributed by atoms with Gasteiger partial charge in [0, 0.05) is 7.05 Å². The van der Waals surface area contributed by atoms with Gasteiger partial charge < -0.3 is 0 Å². The molecule has 0 aliphatic heterocycles. The minimum Gasteiger partial charge on any atom is -0.281 e. The summed E-state index contributed by atoms with van der Waals surface area (Å²) in [7, 11) is 1.75. The third-order valence-corrected chi connectivity index (χ3v) is 1.64. The first-order chi connectivity index (χ1) is 3.81. The summed E-state index contributed by atoms with van der Waals surface area (Å²) < 4.78 is 1.75. The van der Waals surface area contributed by atoms with Gasteiger partial charge in [0.05, 0.1) is 10.8 Å². The van der Waals surface area contributed by atoms with E-state index >= 15 is 0 Å². The SMILES string of the molecule is CN=C(I)C=NCI. The van der Waals surface area contributed by atoms with Crippen LogP contribution in [-0.4, -0.2) is 21.5 Å². The van der Waals surface area contributed by atoms with E-state index in [-0.39, 0.29) is 0 Å². The first kappa shape index (κ1) is 8.80. The monoisotopic (exact) mass is 336 g/mol. The molecular formula is C4H6I2N2. The maximum absolute atomic E-state index is 3.97. The summed E-state index contributed by atoms with van der Waals surface area (Å²) >= 11 is 4.31. The lowest BCUT2D eigenvalue weighted by atomic mass is 10.8. The molecule has 0 rings (SSSR count). The van der Waals surface area contributed by atoms with E-state index in [9.17, 15) is 0 Å². The Morgan fingerprint density at radius 1 is 1.75 bits per heavy atom. The molecule has 0 atom stereocenters. The van der Waals surface area contributed by atoms with Crippen LogP contribution in [0.3, 0.4) is 0 Å². The zero-order valence-electron chi connectivity index (χ0n) is 4.43. The molecule has 0 fully saturated rings. The van der Waals surface area contributed by atoms with Gasteiger partial charge in [-0.1, -0.05) is 22.6 Å².